The molecule has 0 amide bonds. The van der Waals surface area contributed by atoms with Crippen molar-refractivity contribution in [3.8, 4) is 56.6 Å². The van der Waals surface area contributed by atoms with Crippen LogP contribution in [0.1, 0.15) is 86.6 Å². The third-order valence-electron chi connectivity index (χ3n) is 11.4. The number of nitrogens with one attached hydrogen (secondary N) is 2. The quantitative estimate of drug-likeness (QED) is 0.186. The number of hydrogen-bond acceptors (Lipinski definition) is 4. The van der Waals surface area contributed by atoms with Gasteiger partial charge < -0.3 is 9.97 Å². The van der Waals surface area contributed by atoms with Crippen LogP contribution >= 0.6 is 0 Å². The molecule has 4 aromatic carbocycles. The summed E-state index contributed by atoms with van der Waals surface area (Å²) in [7, 11) is 0. The highest BCUT2D eigenvalue weighted by Crippen LogP contribution is 2.39. The van der Waals surface area contributed by atoms with E-state index in [9.17, 15) is 10.5 Å². The lowest BCUT2D eigenvalue weighted by Gasteiger charge is -2.19. The molecule has 0 fully saturated rings. The first-order valence-electron chi connectivity index (χ1n) is 20.3. The Morgan fingerprint density at radius 1 is 0.400 bits per heavy atom. The first-order chi connectivity index (χ1) is 28.9. The fraction of sp³-hybridized carbons (Fsp3) is 0.148. The average Bonchev–Trinajstić information content (AvgIpc) is 4.09. The van der Waals surface area contributed by atoms with Gasteiger partial charge in [-0.1, -0.05) is 114 Å². The molecule has 5 heterocycles. The summed E-state index contributed by atoms with van der Waals surface area (Å²) in [6, 6.07) is 46.0. The van der Waals surface area contributed by atoms with Crippen LogP contribution in [0.5, 0.6) is 0 Å². The van der Waals surface area contributed by atoms with Crippen LogP contribution < -0.4 is 0 Å². The summed E-state index contributed by atoms with van der Waals surface area (Å²) < 4.78 is 0. The summed E-state index contributed by atoms with van der Waals surface area (Å²) >= 11 is 0. The van der Waals surface area contributed by atoms with Crippen molar-refractivity contribution in [2.45, 2.75) is 52.4 Å². The summed E-state index contributed by atoms with van der Waals surface area (Å²) in [6.45, 7) is 13.3. The van der Waals surface area contributed by atoms with Gasteiger partial charge in [-0.3, -0.25) is 0 Å². The Labute approximate surface area is 350 Å². The van der Waals surface area contributed by atoms with Gasteiger partial charge in [-0.15, -0.1) is 0 Å². The van der Waals surface area contributed by atoms with Crippen molar-refractivity contribution >= 4 is 46.4 Å². The van der Waals surface area contributed by atoms with Gasteiger partial charge in [-0.2, -0.15) is 10.5 Å². The number of H-pyrrole nitrogens is 2. The van der Waals surface area contributed by atoms with Gasteiger partial charge >= 0.3 is 0 Å². The van der Waals surface area contributed by atoms with Crippen LogP contribution in [0, 0.1) is 22.7 Å². The molecular weight excluding hydrogens is 733 g/mol. The molecule has 6 heteroatoms. The molecule has 0 aliphatic carbocycles. The number of benzene rings is 4. The first-order valence-corrected chi connectivity index (χ1v) is 20.3. The number of aromatic amines is 2. The highest BCUT2D eigenvalue weighted by Gasteiger charge is 2.21. The molecule has 0 atom stereocenters. The van der Waals surface area contributed by atoms with Crippen molar-refractivity contribution in [1.29, 1.82) is 10.5 Å². The topological polar surface area (TPSA) is 105 Å². The van der Waals surface area contributed by atoms with Gasteiger partial charge in [0.1, 0.15) is 0 Å². The molecule has 0 radical (unpaired) electrons. The maximum atomic E-state index is 9.97. The van der Waals surface area contributed by atoms with E-state index in [1.54, 1.807) is 0 Å². The van der Waals surface area contributed by atoms with Crippen LogP contribution in [-0.4, -0.2) is 19.9 Å². The van der Waals surface area contributed by atoms with Gasteiger partial charge in [0.25, 0.3) is 0 Å². The number of rotatable bonds is 4. The second-order valence-corrected chi connectivity index (χ2v) is 17.5. The molecule has 3 aromatic heterocycles. The van der Waals surface area contributed by atoms with E-state index in [2.05, 4.69) is 161 Å². The Balaban J connectivity index is 1.45. The smallest absolute Gasteiger partial charge is 0.0991 e. The van der Waals surface area contributed by atoms with E-state index in [-0.39, 0.29) is 10.8 Å². The number of hydrogen-bond donors (Lipinski definition) is 2. The van der Waals surface area contributed by atoms with E-state index in [1.165, 1.54) is 11.1 Å². The predicted molar refractivity (Wildman–Crippen MR) is 247 cm³/mol. The normalized spacial score (nSPS) is 12.3. The third kappa shape index (κ3) is 7.04. The minimum atomic E-state index is -0.00782. The van der Waals surface area contributed by atoms with Crippen molar-refractivity contribution in [2.75, 3.05) is 0 Å². The highest BCUT2D eigenvalue weighted by molar-refractivity contribution is 6.00. The first kappa shape index (κ1) is 38.0. The maximum Gasteiger partial charge on any atom is 0.0991 e. The summed E-state index contributed by atoms with van der Waals surface area (Å²) in [6.07, 6.45) is 8.31. The van der Waals surface area contributed by atoms with E-state index in [0.29, 0.717) is 11.1 Å². The average molecular weight is 777 g/mol. The van der Waals surface area contributed by atoms with Crippen LogP contribution in [0.25, 0.3) is 90.9 Å². The Morgan fingerprint density at radius 3 is 1.02 bits per heavy atom. The molecule has 9 rings (SSSR count). The molecule has 60 heavy (non-hydrogen) atoms. The molecule has 2 N–H and O–H groups in total. The van der Waals surface area contributed by atoms with Crippen LogP contribution in [0.2, 0.25) is 0 Å². The van der Waals surface area contributed by atoms with Gasteiger partial charge in [0.05, 0.1) is 46.0 Å². The predicted octanol–water partition coefficient (Wildman–Crippen LogP) is 13.7. The number of nitriles is 2. The molecule has 0 spiro atoms. The molecule has 0 saturated carbocycles. The van der Waals surface area contributed by atoms with E-state index in [0.717, 1.165) is 89.4 Å². The lowest BCUT2D eigenvalue weighted by atomic mass is 9.86. The summed E-state index contributed by atoms with van der Waals surface area (Å²) in [5.41, 5.74) is 17.8. The number of aromatic nitrogens is 4. The van der Waals surface area contributed by atoms with Crippen molar-refractivity contribution in [3.63, 3.8) is 0 Å². The van der Waals surface area contributed by atoms with E-state index in [4.69, 9.17) is 9.97 Å². The van der Waals surface area contributed by atoms with Crippen molar-refractivity contribution in [2.24, 2.45) is 0 Å². The molecule has 0 unspecified atom stereocenters. The minimum Gasteiger partial charge on any atom is -0.354 e. The van der Waals surface area contributed by atoms with Gasteiger partial charge in [-0.25, -0.2) is 9.97 Å². The molecule has 2 aliphatic heterocycles. The Bertz CT molecular complexity index is 2950. The van der Waals surface area contributed by atoms with Crippen molar-refractivity contribution in [1.82, 2.24) is 19.9 Å². The van der Waals surface area contributed by atoms with Crippen LogP contribution in [0.3, 0.4) is 0 Å². The standard InChI is InChI=1S/C54H44N6/c1-53(2,3)39-17-13-35(14-18-39)49-41-21-25-45(57-41)51(37-11-7-9-33(29-37)31-55)47-27-23-43(59-47)50(36-15-19-40(20-16-36)54(4,5)6)44-24-28-48(60-44)52(46-26-22-42(49)58-46)38-12-8-10-34(30-38)32-56/h7-30,57,60H,1-6H3. The van der Waals surface area contributed by atoms with Gasteiger partial charge in [-0.05, 0) is 117 Å². The maximum absolute atomic E-state index is 9.97. The van der Waals surface area contributed by atoms with Crippen molar-refractivity contribution in [3.05, 3.63) is 166 Å². The zero-order chi connectivity index (χ0) is 41.8. The largest absolute Gasteiger partial charge is 0.354 e. The molecule has 2 aliphatic rings. The van der Waals surface area contributed by atoms with E-state index >= 15 is 0 Å². The molecule has 6 nitrogen and oxygen atoms in total. The Hall–Kier alpha value is -7.54. The SMILES string of the molecule is CC(C)(C)c1ccc(-c2c3nc(c(-c4cccc(C#N)c4)c4ccc([nH]4)c(-c4ccc(C(C)(C)C)cc4)c4nc(c(-c5cccc(C#N)c5)c5ccc2[nH]5)C=C4)C=C3)cc1. The molecular formula is C54H44N6. The fourth-order valence-electron chi connectivity index (χ4n) is 8.18. The van der Waals surface area contributed by atoms with Crippen LogP contribution in [0.15, 0.2) is 121 Å². The molecule has 0 saturated heterocycles. The van der Waals surface area contributed by atoms with Gasteiger partial charge in [0, 0.05) is 44.3 Å². The summed E-state index contributed by atoms with van der Waals surface area (Å²) in [4.78, 5) is 18.4. The van der Waals surface area contributed by atoms with Gasteiger partial charge in [0.15, 0.2) is 0 Å². The van der Waals surface area contributed by atoms with Crippen molar-refractivity contribution < 1.29 is 0 Å². The monoisotopic (exact) mass is 776 g/mol. The fourth-order valence-corrected chi connectivity index (χ4v) is 8.18. The van der Waals surface area contributed by atoms with E-state index < -0.39 is 0 Å². The Morgan fingerprint density at radius 2 is 0.717 bits per heavy atom. The molecule has 8 bridgehead atoms. The zero-order valence-electron chi connectivity index (χ0n) is 34.6. The number of nitrogens with zero attached hydrogens (tertiary/aromatic N) is 4. The lowest BCUT2D eigenvalue weighted by molar-refractivity contribution is 0.590. The zero-order valence-corrected chi connectivity index (χ0v) is 34.6. The molecule has 290 valence electrons. The second kappa shape index (κ2) is 14.7. The molecule has 7 aromatic rings. The minimum absolute atomic E-state index is 0.00782. The van der Waals surface area contributed by atoms with Crippen LogP contribution in [-0.2, 0) is 10.8 Å². The summed E-state index contributed by atoms with van der Waals surface area (Å²) in [5.74, 6) is 0. The number of fused-ring (bicyclic) bond motifs is 8. The second-order valence-electron chi connectivity index (χ2n) is 17.5. The van der Waals surface area contributed by atoms with Gasteiger partial charge in [0.2, 0.25) is 0 Å². The highest BCUT2D eigenvalue weighted by atomic mass is 14.8. The van der Waals surface area contributed by atoms with E-state index in [1.807, 2.05) is 48.5 Å². The van der Waals surface area contributed by atoms with Crippen LogP contribution in [0.4, 0.5) is 0 Å². The third-order valence-corrected chi connectivity index (χ3v) is 11.4. The summed E-state index contributed by atoms with van der Waals surface area (Å²) in [5, 5.41) is 19.9. The lowest BCUT2D eigenvalue weighted by Crippen LogP contribution is -2.10. The Kier molecular flexibility index (Phi) is 9.30.